The SMILES string of the molecule is COC(=O)CC[C@H](NC(=O)[C@H](C)NC(=O)/C=C/C[C@H]1O[C@H](COCc2ccccc2)[C@H](OCc2ccccc2)[C@H](OCc2ccccc2)[C@H]1OCc1ccccc1)C(=O)OC. The fraction of sp³-hybridized carbons (Fsp3) is 0.375. The zero-order valence-corrected chi connectivity index (χ0v) is 34.9. The van der Waals surface area contributed by atoms with Gasteiger partial charge in [0.1, 0.15) is 36.5 Å². The number of amides is 2. The molecule has 0 saturated carbocycles. The Bertz CT molecular complexity index is 1950. The van der Waals surface area contributed by atoms with E-state index < -0.39 is 66.4 Å². The monoisotopic (exact) mass is 836 g/mol. The molecule has 61 heavy (non-hydrogen) atoms. The minimum atomic E-state index is -1.11. The summed E-state index contributed by atoms with van der Waals surface area (Å²) in [6.07, 6.45) is -0.0496. The van der Waals surface area contributed by atoms with Crippen LogP contribution in [-0.4, -0.2) is 87.2 Å². The van der Waals surface area contributed by atoms with Gasteiger partial charge in [0.15, 0.2) is 0 Å². The van der Waals surface area contributed by atoms with Crippen LogP contribution < -0.4 is 10.6 Å². The van der Waals surface area contributed by atoms with E-state index in [0.717, 1.165) is 22.3 Å². The summed E-state index contributed by atoms with van der Waals surface area (Å²) in [5.41, 5.74) is 3.93. The fourth-order valence-electron chi connectivity index (χ4n) is 6.76. The molecular formula is C48H56N2O11. The van der Waals surface area contributed by atoms with Crippen LogP contribution in [0.3, 0.4) is 0 Å². The number of ether oxygens (including phenoxy) is 7. The minimum absolute atomic E-state index is 0.0347. The summed E-state index contributed by atoms with van der Waals surface area (Å²) in [5, 5.41) is 5.18. The number of carbonyl (C=O) groups is 4. The van der Waals surface area contributed by atoms with E-state index in [9.17, 15) is 19.2 Å². The quantitative estimate of drug-likeness (QED) is 0.0689. The van der Waals surface area contributed by atoms with Crippen molar-refractivity contribution in [1.29, 1.82) is 0 Å². The van der Waals surface area contributed by atoms with Crippen LogP contribution in [0.25, 0.3) is 0 Å². The Morgan fingerprint density at radius 3 is 1.59 bits per heavy atom. The van der Waals surface area contributed by atoms with E-state index in [1.54, 1.807) is 6.08 Å². The van der Waals surface area contributed by atoms with Gasteiger partial charge in [-0.05, 0) is 48.1 Å². The van der Waals surface area contributed by atoms with E-state index in [2.05, 4.69) is 15.4 Å². The zero-order valence-electron chi connectivity index (χ0n) is 34.9. The molecule has 4 aromatic rings. The maximum Gasteiger partial charge on any atom is 0.328 e. The van der Waals surface area contributed by atoms with Crippen molar-refractivity contribution in [3.8, 4) is 0 Å². The molecule has 324 valence electrons. The molecule has 0 unspecified atom stereocenters. The molecule has 2 N–H and O–H groups in total. The van der Waals surface area contributed by atoms with Crippen molar-refractivity contribution in [2.75, 3.05) is 20.8 Å². The second-order valence-corrected chi connectivity index (χ2v) is 14.6. The first-order valence-electron chi connectivity index (χ1n) is 20.4. The fourth-order valence-corrected chi connectivity index (χ4v) is 6.76. The van der Waals surface area contributed by atoms with E-state index in [1.807, 2.05) is 121 Å². The van der Waals surface area contributed by atoms with Gasteiger partial charge in [-0.3, -0.25) is 14.4 Å². The molecule has 0 spiro atoms. The van der Waals surface area contributed by atoms with Gasteiger partial charge >= 0.3 is 11.9 Å². The summed E-state index contributed by atoms with van der Waals surface area (Å²) in [6.45, 7) is 2.87. The van der Waals surface area contributed by atoms with Gasteiger partial charge in [-0.1, -0.05) is 127 Å². The van der Waals surface area contributed by atoms with Crippen LogP contribution in [-0.2, 0) is 78.8 Å². The van der Waals surface area contributed by atoms with E-state index in [-0.39, 0.29) is 39.1 Å². The van der Waals surface area contributed by atoms with Crippen LogP contribution in [0.5, 0.6) is 0 Å². The van der Waals surface area contributed by atoms with Crippen molar-refractivity contribution in [1.82, 2.24) is 10.6 Å². The van der Waals surface area contributed by atoms with E-state index in [0.29, 0.717) is 13.2 Å². The molecule has 13 heteroatoms. The highest BCUT2D eigenvalue weighted by atomic mass is 16.6. The average Bonchev–Trinajstić information content (AvgIpc) is 3.29. The molecule has 7 atom stereocenters. The lowest BCUT2D eigenvalue weighted by atomic mass is 9.92. The summed E-state index contributed by atoms with van der Waals surface area (Å²) in [7, 11) is 2.41. The Balaban J connectivity index is 1.36. The molecule has 13 nitrogen and oxygen atoms in total. The molecule has 1 heterocycles. The molecule has 1 aliphatic heterocycles. The zero-order chi connectivity index (χ0) is 43.2. The van der Waals surface area contributed by atoms with Gasteiger partial charge in [-0.2, -0.15) is 0 Å². The average molecular weight is 837 g/mol. The number of rotatable bonds is 23. The van der Waals surface area contributed by atoms with Crippen LogP contribution in [0, 0.1) is 0 Å². The number of nitrogens with one attached hydrogen (secondary N) is 2. The van der Waals surface area contributed by atoms with Gasteiger partial charge in [-0.25, -0.2) is 4.79 Å². The summed E-state index contributed by atoms with van der Waals surface area (Å²) in [5.74, 6) is -2.45. The molecule has 1 saturated heterocycles. The van der Waals surface area contributed by atoms with Gasteiger partial charge in [0.25, 0.3) is 0 Å². The van der Waals surface area contributed by atoms with Crippen LogP contribution in [0.15, 0.2) is 133 Å². The van der Waals surface area contributed by atoms with Gasteiger partial charge < -0.3 is 43.8 Å². The lowest BCUT2D eigenvalue weighted by Crippen LogP contribution is -2.61. The van der Waals surface area contributed by atoms with E-state index in [1.165, 1.54) is 27.2 Å². The summed E-state index contributed by atoms with van der Waals surface area (Å²) < 4.78 is 42.8. The molecule has 0 bridgehead atoms. The molecule has 5 rings (SSSR count). The van der Waals surface area contributed by atoms with Crippen LogP contribution in [0.1, 0.15) is 48.4 Å². The maximum absolute atomic E-state index is 13.2. The lowest BCUT2D eigenvalue weighted by molar-refractivity contribution is -0.271. The van der Waals surface area contributed by atoms with E-state index in [4.69, 9.17) is 28.4 Å². The Hall–Kier alpha value is -5.70. The highest BCUT2D eigenvalue weighted by Crippen LogP contribution is 2.32. The van der Waals surface area contributed by atoms with Crippen LogP contribution in [0.4, 0.5) is 0 Å². The number of methoxy groups -OCH3 is 2. The van der Waals surface area contributed by atoms with Gasteiger partial charge in [0, 0.05) is 6.42 Å². The normalized spacial score (nSPS) is 19.7. The van der Waals surface area contributed by atoms with Crippen molar-refractivity contribution in [2.45, 2.75) is 95.2 Å². The van der Waals surface area contributed by atoms with Crippen molar-refractivity contribution < 1.29 is 52.3 Å². The third-order valence-electron chi connectivity index (χ3n) is 10.0. The number of benzene rings is 4. The van der Waals surface area contributed by atoms with Gasteiger partial charge in [0.05, 0.1) is 53.4 Å². The number of hydrogen-bond donors (Lipinski definition) is 2. The highest BCUT2D eigenvalue weighted by molar-refractivity contribution is 5.94. The molecule has 2 amide bonds. The summed E-state index contributed by atoms with van der Waals surface area (Å²) in [6, 6.07) is 37.3. The van der Waals surface area contributed by atoms with E-state index >= 15 is 0 Å². The minimum Gasteiger partial charge on any atom is -0.469 e. The molecule has 0 aromatic heterocycles. The highest BCUT2D eigenvalue weighted by Gasteiger charge is 2.48. The number of esters is 2. The topological polar surface area (TPSA) is 157 Å². The van der Waals surface area contributed by atoms with Crippen molar-refractivity contribution >= 4 is 23.8 Å². The molecule has 4 aromatic carbocycles. The van der Waals surface area contributed by atoms with Crippen LogP contribution in [0.2, 0.25) is 0 Å². The molecular weight excluding hydrogens is 781 g/mol. The lowest BCUT2D eigenvalue weighted by Gasteiger charge is -2.46. The van der Waals surface area contributed by atoms with Crippen LogP contribution >= 0.6 is 0 Å². The Morgan fingerprint density at radius 2 is 1.10 bits per heavy atom. The first kappa shape index (κ1) is 46.4. The first-order valence-corrected chi connectivity index (χ1v) is 20.4. The number of hydrogen-bond acceptors (Lipinski definition) is 11. The second kappa shape index (κ2) is 25.2. The smallest absolute Gasteiger partial charge is 0.328 e. The van der Waals surface area contributed by atoms with Crippen molar-refractivity contribution in [2.24, 2.45) is 0 Å². The standard InChI is InChI=1S/C48H56N2O11/c1-34(47(53)50-39(48(54)56-3)27-28-43(52)55-2)49-42(51)26-16-25-40-44(58-30-36-19-10-5-11-20-36)46(60-32-38-23-14-7-15-24-38)45(59-31-37-21-12-6-13-22-37)41(61-40)33-57-29-35-17-8-4-9-18-35/h4-24,26,34,39-41,44-46H,25,27-33H2,1-3H3,(H,49,51)(H,50,53)/b26-16+/t34-,39-,40+,41+,44-,45-,46+/m0/s1. The largest absolute Gasteiger partial charge is 0.469 e. The third kappa shape index (κ3) is 15.4. The predicted molar refractivity (Wildman–Crippen MR) is 226 cm³/mol. The molecule has 1 fully saturated rings. The number of carbonyl (C=O) groups excluding carboxylic acids is 4. The second-order valence-electron chi connectivity index (χ2n) is 14.6. The van der Waals surface area contributed by atoms with Gasteiger partial charge in [0.2, 0.25) is 11.8 Å². The third-order valence-corrected chi connectivity index (χ3v) is 10.0. The van der Waals surface area contributed by atoms with Crippen molar-refractivity contribution in [3.63, 3.8) is 0 Å². The molecule has 0 aliphatic carbocycles. The Kier molecular flexibility index (Phi) is 19.1. The Morgan fingerprint density at radius 1 is 0.623 bits per heavy atom. The molecule has 0 radical (unpaired) electrons. The Labute approximate surface area is 357 Å². The maximum atomic E-state index is 13.2. The van der Waals surface area contributed by atoms with Crippen molar-refractivity contribution in [3.05, 3.63) is 156 Å². The summed E-state index contributed by atoms with van der Waals surface area (Å²) in [4.78, 5) is 50.2. The van der Waals surface area contributed by atoms with Gasteiger partial charge in [-0.15, -0.1) is 0 Å². The summed E-state index contributed by atoms with van der Waals surface area (Å²) >= 11 is 0. The predicted octanol–water partition coefficient (Wildman–Crippen LogP) is 5.79. The first-order chi connectivity index (χ1) is 29.7. The molecule has 1 aliphatic rings.